The molecule has 2 amide bonds. The van der Waals surface area contributed by atoms with Crippen LogP contribution in [0.15, 0.2) is 22.7 Å². The molecule has 0 aromatic heterocycles. The molecule has 0 unspecified atom stereocenters. The Morgan fingerprint density at radius 2 is 2.26 bits per heavy atom. The van der Waals surface area contributed by atoms with Crippen LogP contribution < -0.4 is 5.32 Å². The first-order valence-electron chi connectivity index (χ1n) is 5.63. The second-order valence-corrected chi connectivity index (χ2v) is 6.09. The topological polar surface area (TPSA) is 69.6 Å². The molecule has 1 aliphatic rings. The summed E-state index contributed by atoms with van der Waals surface area (Å²) < 4.78 is 0.777. The SMILES string of the molecule is Cc1ccc(NC(=O)N2CSC[C@H]2C(=O)O)c(Br)c1. The fourth-order valence-corrected chi connectivity index (χ4v) is 3.49. The molecular formula is C12H13BrN2O3S. The molecule has 7 heteroatoms. The molecule has 1 saturated heterocycles. The number of hydrogen-bond donors (Lipinski definition) is 2. The minimum Gasteiger partial charge on any atom is -0.480 e. The summed E-state index contributed by atoms with van der Waals surface area (Å²) in [6, 6.07) is 4.42. The monoisotopic (exact) mass is 344 g/mol. The summed E-state index contributed by atoms with van der Waals surface area (Å²) in [5, 5.41) is 11.8. The third kappa shape index (κ3) is 3.22. The Hall–Kier alpha value is -1.21. The molecule has 0 spiro atoms. The van der Waals surface area contributed by atoms with Crippen LogP contribution in [0.2, 0.25) is 0 Å². The van der Waals surface area contributed by atoms with Gasteiger partial charge in [0.2, 0.25) is 0 Å². The summed E-state index contributed by atoms with van der Waals surface area (Å²) in [5.74, 6) is -0.146. The summed E-state index contributed by atoms with van der Waals surface area (Å²) in [6.07, 6.45) is 0. The quantitative estimate of drug-likeness (QED) is 0.865. The van der Waals surface area contributed by atoms with Gasteiger partial charge < -0.3 is 15.3 Å². The summed E-state index contributed by atoms with van der Waals surface area (Å²) >= 11 is 4.81. The van der Waals surface area contributed by atoms with Crippen molar-refractivity contribution in [2.75, 3.05) is 16.9 Å². The fraction of sp³-hybridized carbons (Fsp3) is 0.333. The van der Waals surface area contributed by atoms with E-state index in [1.54, 1.807) is 6.07 Å². The maximum absolute atomic E-state index is 12.1. The molecule has 1 aromatic rings. The van der Waals surface area contributed by atoms with E-state index in [0.29, 0.717) is 17.3 Å². The number of rotatable bonds is 2. The first-order chi connectivity index (χ1) is 8.99. The van der Waals surface area contributed by atoms with E-state index in [-0.39, 0.29) is 6.03 Å². The molecule has 1 aliphatic heterocycles. The molecule has 1 heterocycles. The lowest BCUT2D eigenvalue weighted by Gasteiger charge is -2.21. The van der Waals surface area contributed by atoms with Gasteiger partial charge in [-0.2, -0.15) is 0 Å². The largest absolute Gasteiger partial charge is 0.480 e. The Bertz CT molecular complexity index is 524. The van der Waals surface area contributed by atoms with E-state index in [1.807, 2.05) is 19.1 Å². The molecule has 0 bridgehead atoms. The molecule has 0 aliphatic carbocycles. The van der Waals surface area contributed by atoms with E-state index < -0.39 is 12.0 Å². The first-order valence-corrected chi connectivity index (χ1v) is 7.58. The Kier molecular flexibility index (Phi) is 4.36. The zero-order chi connectivity index (χ0) is 14.0. The maximum Gasteiger partial charge on any atom is 0.327 e. The van der Waals surface area contributed by atoms with Crippen molar-refractivity contribution < 1.29 is 14.7 Å². The average Bonchev–Trinajstić information content (AvgIpc) is 2.82. The van der Waals surface area contributed by atoms with Crippen LogP contribution in [0.25, 0.3) is 0 Å². The highest BCUT2D eigenvalue weighted by Crippen LogP contribution is 2.26. The predicted octanol–water partition coefficient (Wildman–Crippen LogP) is 2.75. The highest BCUT2D eigenvalue weighted by atomic mass is 79.9. The number of aliphatic carboxylic acids is 1. The van der Waals surface area contributed by atoms with E-state index in [2.05, 4.69) is 21.2 Å². The Labute approximate surface area is 123 Å². The molecule has 1 atom stereocenters. The van der Waals surface area contributed by atoms with E-state index in [4.69, 9.17) is 5.11 Å². The molecule has 1 aromatic carbocycles. The molecule has 2 rings (SSSR count). The van der Waals surface area contributed by atoms with Crippen LogP contribution in [0.4, 0.5) is 10.5 Å². The number of amides is 2. The van der Waals surface area contributed by atoms with Gasteiger partial charge in [0.25, 0.3) is 0 Å². The number of carbonyl (C=O) groups is 2. The second-order valence-electron chi connectivity index (χ2n) is 4.24. The van der Waals surface area contributed by atoms with Crippen molar-refractivity contribution in [2.45, 2.75) is 13.0 Å². The van der Waals surface area contributed by atoms with Gasteiger partial charge in [-0.25, -0.2) is 9.59 Å². The van der Waals surface area contributed by atoms with Crippen molar-refractivity contribution in [2.24, 2.45) is 0 Å². The lowest BCUT2D eigenvalue weighted by Crippen LogP contribution is -2.44. The lowest BCUT2D eigenvalue weighted by molar-refractivity contribution is -0.140. The van der Waals surface area contributed by atoms with E-state index >= 15 is 0 Å². The number of carbonyl (C=O) groups excluding carboxylic acids is 1. The smallest absolute Gasteiger partial charge is 0.327 e. The number of carboxylic acid groups (broad SMARTS) is 1. The maximum atomic E-state index is 12.1. The van der Waals surface area contributed by atoms with Crippen LogP contribution in [0.5, 0.6) is 0 Å². The molecule has 2 N–H and O–H groups in total. The van der Waals surface area contributed by atoms with Crippen molar-refractivity contribution in [3.05, 3.63) is 28.2 Å². The second kappa shape index (κ2) is 5.83. The Morgan fingerprint density at radius 3 is 2.89 bits per heavy atom. The highest BCUT2D eigenvalue weighted by molar-refractivity contribution is 9.10. The number of anilines is 1. The minimum atomic E-state index is -0.969. The lowest BCUT2D eigenvalue weighted by atomic mass is 10.2. The zero-order valence-electron chi connectivity index (χ0n) is 10.2. The normalized spacial score (nSPS) is 18.4. The van der Waals surface area contributed by atoms with Gasteiger partial charge in [0.1, 0.15) is 6.04 Å². The van der Waals surface area contributed by atoms with Crippen LogP contribution in [0.3, 0.4) is 0 Å². The summed E-state index contributed by atoms with van der Waals surface area (Å²) in [5.41, 5.74) is 1.71. The molecule has 1 fully saturated rings. The number of nitrogens with zero attached hydrogens (tertiary/aromatic N) is 1. The number of carboxylic acids is 1. The van der Waals surface area contributed by atoms with Crippen molar-refractivity contribution >= 4 is 45.4 Å². The molecular weight excluding hydrogens is 332 g/mol. The number of aryl methyl sites for hydroxylation is 1. The van der Waals surface area contributed by atoms with Gasteiger partial charge in [-0.05, 0) is 40.5 Å². The van der Waals surface area contributed by atoms with Gasteiger partial charge in [0.15, 0.2) is 0 Å². The number of urea groups is 1. The van der Waals surface area contributed by atoms with Crippen LogP contribution in [-0.2, 0) is 4.79 Å². The Morgan fingerprint density at radius 1 is 1.53 bits per heavy atom. The van der Waals surface area contributed by atoms with Gasteiger partial charge >= 0.3 is 12.0 Å². The molecule has 19 heavy (non-hydrogen) atoms. The average molecular weight is 345 g/mol. The number of thioether (sulfide) groups is 1. The van der Waals surface area contributed by atoms with Gasteiger partial charge in [-0.15, -0.1) is 11.8 Å². The van der Waals surface area contributed by atoms with E-state index in [0.717, 1.165) is 10.0 Å². The minimum absolute atomic E-state index is 0.387. The van der Waals surface area contributed by atoms with Crippen LogP contribution in [-0.4, -0.2) is 39.7 Å². The van der Waals surface area contributed by atoms with Gasteiger partial charge in [-0.1, -0.05) is 6.07 Å². The molecule has 102 valence electrons. The predicted molar refractivity (Wildman–Crippen MR) is 78.5 cm³/mol. The molecule has 0 saturated carbocycles. The van der Waals surface area contributed by atoms with E-state index in [9.17, 15) is 9.59 Å². The summed E-state index contributed by atoms with van der Waals surface area (Å²) in [6.45, 7) is 1.95. The zero-order valence-corrected chi connectivity index (χ0v) is 12.6. The van der Waals surface area contributed by atoms with Gasteiger partial charge in [-0.3, -0.25) is 0 Å². The van der Waals surface area contributed by atoms with Crippen LogP contribution in [0, 0.1) is 6.92 Å². The summed E-state index contributed by atoms with van der Waals surface area (Å²) in [7, 11) is 0. The number of halogens is 1. The first kappa shape index (κ1) is 14.2. The van der Waals surface area contributed by atoms with Crippen LogP contribution >= 0.6 is 27.7 Å². The standard InChI is InChI=1S/C12H13BrN2O3S/c1-7-2-3-9(8(13)4-7)14-12(18)15-6-19-5-10(15)11(16)17/h2-4,10H,5-6H2,1H3,(H,14,18)(H,16,17)/t10-/m0/s1. The van der Waals surface area contributed by atoms with Crippen LogP contribution in [0.1, 0.15) is 5.56 Å². The van der Waals surface area contributed by atoms with Crippen molar-refractivity contribution in [1.82, 2.24) is 4.90 Å². The third-order valence-corrected chi connectivity index (χ3v) is 4.46. The van der Waals surface area contributed by atoms with Gasteiger partial charge in [0.05, 0.1) is 11.6 Å². The number of nitrogens with one attached hydrogen (secondary N) is 1. The van der Waals surface area contributed by atoms with E-state index in [1.165, 1.54) is 16.7 Å². The summed E-state index contributed by atoms with van der Waals surface area (Å²) in [4.78, 5) is 24.5. The Balaban J connectivity index is 2.10. The number of hydrogen-bond acceptors (Lipinski definition) is 3. The van der Waals surface area contributed by atoms with Crippen molar-refractivity contribution in [3.8, 4) is 0 Å². The molecule has 5 nitrogen and oxygen atoms in total. The number of benzene rings is 1. The van der Waals surface area contributed by atoms with Crippen molar-refractivity contribution in [1.29, 1.82) is 0 Å². The van der Waals surface area contributed by atoms with Crippen molar-refractivity contribution in [3.63, 3.8) is 0 Å². The van der Waals surface area contributed by atoms with Gasteiger partial charge in [0, 0.05) is 10.2 Å². The molecule has 0 radical (unpaired) electrons. The highest BCUT2D eigenvalue weighted by Gasteiger charge is 2.34. The third-order valence-electron chi connectivity index (χ3n) is 2.79. The fourth-order valence-electron chi connectivity index (χ4n) is 1.76.